The third-order valence-corrected chi connectivity index (χ3v) is 6.45. The van der Waals surface area contributed by atoms with Crippen LogP contribution in [0.4, 0.5) is 19.0 Å². The molecule has 2 aliphatic rings. The average Bonchev–Trinajstić information content (AvgIpc) is 3.41. The number of nitrogens with one attached hydrogen (secondary N) is 2. The van der Waals surface area contributed by atoms with Crippen LogP contribution in [0, 0.1) is 0 Å². The van der Waals surface area contributed by atoms with E-state index in [0.29, 0.717) is 56.4 Å². The van der Waals surface area contributed by atoms with Gasteiger partial charge in [-0.2, -0.15) is 18.3 Å². The number of likely N-dealkylation sites (tertiary alicyclic amines) is 1. The molecule has 0 spiro atoms. The first kappa shape index (κ1) is 22.6. The van der Waals surface area contributed by atoms with Crippen LogP contribution >= 0.6 is 0 Å². The van der Waals surface area contributed by atoms with Gasteiger partial charge in [0.25, 0.3) is 5.91 Å². The summed E-state index contributed by atoms with van der Waals surface area (Å²) >= 11 is 0. The van der Waals surface area contributed by atoms with E-state index >= 15 is 0 Å². The molecule has 1 aromatic carbocycles. The van der Waals surface area contributed by atoms with Crippen LogP contribution in [0.3, 0.4) is 0 Å². The molecule has 2 aliphatic heterocycles. The Morgan fingerprint density at radius 1 is 1.21 bits per heavy atom. The second-order valence-corrected chi connectivity index (χ2v) is 8.76. The Balaban J connectivity index is 1.40. The number of carbonyl (C=O) groups excluding carboxylic acids is 1. The smallest absolute Gasteiger partial charge is 0.378 e. The summed E-state index contributed by atoms with van der Waals surface area (Å²) in [4.78, 5) is 21.5. The highest BCUT2D eigenvalue weighted by Gasteiger charge is 2.40. The van der Waals surface area contributed by atoms with Gasteiger partial charge in [-0.25, -0.2) is 4.98 Å². The first-order valence-corrected chi connectivity index (χ1v) is 11.1. The lowest BCUT2D eigenvalue weighted by Gasteiger charge is -2.26. The normalized spacial score (nSPS) is 21.8. The van der Waals surface area contributed by atoms with Crippen LogP contribution in [0.15, 0.2) is 36.5 Å². The molecule has 0 saturated carbocycles. The zero-order chi connectivity index (χ0) is 23.9. The summed E-state index contributed by atoms with van der Waals surface area (Å²) in [6.07, 6.45) is -3.01. The third kappa shape index (κ3) is 4.32. The molecule has 8 nitrogen and oxygen atoms in total. The lowest BCUT2D eigenvalue weighted by molar-refractivity contribution is -0.138. The lowest BCUT2D eigenvalue weighted by atomic mass is 9.90. The molecule has 2 aromatic heterocycles. The standard InChI is InChI=1S/C23H25F3N6O2/c1-31-12-17(15-4-2-3-5-18(15)23(24,25)26)19(13-31)28-22(33)14-10-16-20(27-11-14)29-30-21(16)32-6-8-34-9-7-32/h2-5,10-11,17,19H,6-9,12-13H2,1H3,(H,28,33)(H,27,29,30)/t17-,19+/m1/s1. The molecule has 2 saturated heterocycles. The van der Waals surface area contributed by atoms with Crippen molar-refractivity contribution in [2.45, 2.75) is 18.1 Å². The second-order valence-electron chi connectivity index (χ2n) is 8.76. The Bertz CT molecular complexity index is 1190. The van der Waals surface area contributed by atoms with E-state index in [1.54, 1.807) is 12.1 Å². The van der Waals surface area contributed by atoms with E-state index in [-0.39, 0.29) is 11.5 Å². The van der Waals surface area contributed by atoms with Gasteiger partial charge in [-0.15, -0.1) is 0 Å². The maximum Gasteiger partial charge on any atom is 0.416 e. The topological polar surface area (TPSA) is 86.4 Å². The predicted octanol–water partition coefficient (Wildman–Crippen LogP) is 2.64. The van der Waals surface area contributed by atoms with E-state index in [0.717, 1.165) is 11.5 Å². The van der Waals surface area contributed by atoms with Gasteiger partial charge in [-0.3, -0.25) is 9.89 Å². The molecule has 0 bridgehead atoms. The van der Waals surface area contributed by atoms with Crippen molar-refractivity contribution in [3.63, 3.8) is 0 Å². The molecule has 2 N–H and O–H groups in total. The molecule has 1 amide bonds. The number of likely N-dealkylation sites (N-methyl/N-ethyl adjacent to an activating group) is 1. The van der Waals surface area contributed by atoms with Gasteiger partial charge in [-0.05, 0) is 24.7 Å². The fourth-order valence-corrected chi connectivity index (χ4v) is 4.82. The number of carbonyl (C=O) groups is 1. The van der Waals surface area contributed by atoms with Gasteiger partial charge in [-0.1, -0.05) is 18.2 Å². The third-order valence-electron chi connectivity index (χ3n) is 6.45. The number of rotatable bonds is 4. The molecule has 0 aliphatic carbocycles. The first-order valence-electron chi connectivity index (χ1n) is 11.1. The Labute approximate surface area is 194 Å². The Morgan fingerprint density at radius 3 is 2.74 bits per heavy atom. The van der Waals surface area contributed by atoms with E-state index < -0.39 is 23.7 Å². The SMILES string of the molecule is CN1C[C@H](NC(=O)c2cnc3[nH]nc(N4CCOCC4)c3c2)[C@@H](c2ccccc2C(F)(F)F)C1. The first-order chi connectivity index (χ1) is 16.3. The van der Waals surface area contributed by atoms with E-state index in [4.69, 9.17) is 4.74 Å². The summed E-state index contributed by atoms with van der Waals surface area (Å²) in [6.45, 7) is 3.42. The van der Waals surface area contributed by atoms with Crippen LogP contribution in [-0.2, 0) is 10.9 Å². The fraction of sp³-hybridized carbons (Fsp3) is 0.435. The number of alkyl halides is 3. The highest BCUT2D eigenvalue weighted by atomic mass is 19.4. The van der Waals surface area contributed by atoms with Gasteiger partial charge < -0.3 is 19.9 Å². The van der Waals surface area contributed by atoms with Crippen molar-refractivity contribution in [3.05, 3.63) is 53.2 Å². The fourth-order valence-electron chi connectivity index (χ4n) is 4.82. The van der Waals surface area contributed by atoms with Gasteiger partial charge in [0.2, 0.25) is 0 Å². The minimum Gasteiger partial charge on any atom is -0.378 e. The Hall–Kier alpha value is -3.18. The van der Waals surface area contributed by atoms with Crippen LogP contribution in [0.25, 0.3) is 11.0 Å². The van der Waals surface area contributed by atoms with Crippen molar-refractivity contribution in [2.24, 2.45) is 0 Å². The van der Waals surface area contributed by atoms with Crippen molar-refractivity contribution < 1.29 is 22.7 Å². The Morgan fingerprint density at radius 2 is 1.97 bits per heavy atom. The van der Waals surface area contributed by atoms with Gasteiger partial charge >= 0.3 is 6.18 Å². The van der Waals surface area contributed by atoms with Gasteiger partial charge in [0.05, 0.1) is 29.7 Å². The number of hydrogen-bond acceptors (Lipinski definition) is 6. The molecule has 180 valence electrons. The number of pyridine rings is 1. The number of halogens is 3. The van der Waals surface area contributed by atoms with Crippen LogP contribution in [-0.4, -0.2) is 78.5 Å². The number of anilines is 1. The summed E-state index contributed by atoms with van der Waals surface area (Å²) in [5.74, 6) is -0.155. The largest absolute Gasteiger partial charge is 0.416 e. The van der Waals surface area contributed by atoms with Gasteiger partial charge in [0.1, 0.15) is 0 Å². The molecule has 3 aromatic rings. The molecule has 2 atom stereocenters. The highest BCUT2D eigenvalue weighted by molar-refractivity contribution is 5.99. The Kier molecular flexibility index (Phi) is 5.90. The minimum atomic E-state index is -4.46. The average molecular weight is 474 g/mol. The number of ether oxygens (including phenoxy) is 1. The van der Waals surface area contributed by atoms with Gasteiger partial charge in [0.15, 0.2) is 11.5 Å². The summed E-state index contributed by atoms with van der Waals surface area (Å²) in [7, 11) is 1.84. The van der Waals surface area contributed by atoms with Crippen molar-refractivity contribution in [3.8, 4) is 0 Å². The summed E-state index contributed by atoms with van der Waals surface area (Å²) < 4.78 is 46.3. The monoisotopic (exact) mass is 474 g/mol. The van der Waals surface area contributed by atoms with Crippen LogP contribution in [0.5, 0.6) is 0 Å². The van der Waals surface area contributed by atoms with Crippen LogP contribution in [0.2, 0.25) is 0 Å². The van der Waals surface area contributed by atoms with Crippen molar-refractivity contribution in [1.29, 1.82) is 0 Å². The summed E-state index contributed by atoms with van der Waals surface area (Å²) in [5.41, 5.74) is 0.435. The van der Waals surface area contributed by atoms with Crippen LogP contribution < -0.4 is 10.2 Å². The number of aromatic nitrogens is 3. The highest BCUT2D eigenvalue weighted by Crippen LogP contribution is 2.38. The summed E-state index contributed by atoms with van der Waals surface area (Å²) in [6, 6.07) is 6.83. The molecular formula is C23H25F3N6O2. The number of morpholine rings is 1. The number of hydrogen-bond donors (Lipinski definition) is 2. The van der Waals surface area contributed by atoms with E-state index in [2.05, 4.69) is 25.4 Å². The van der Waals surface area contributed by atoms with E-state index in [1.807, 2.05) is 11.9 Å². The quantitative estimate of drug-likeness (QED) is 0.605. The minimum absolute atomic E-state index is 0.197. The van der Waals surface area contributed by atoms with Crippen LogP contribution in [0.1, 0.15) is 27.4 Å². The number of H-pyrrole nitrogens is 1. The molecule has 34 heavy (non-hydrogen) atoms. The predicted molar refractivity (Wildman–Crippen MR) is 120 cm³/mol. The van der Waals surface area contributed by atoms with E-state index in [1.165, 1.54) is 18.3 Å². The molecular weight excluding hydrogens is 449 g/mol. The molecule has 5 rings (SSSR count). The van der Waals surface area contributed by atoms with E-state index in [9.17, 15) is 18.0 Å². The van der Waals surface area contributed by atoms with Crippen molar-refractivity contribution in [1.82, 2.24) is 25.4 Å². The molecule has 0 radical (unpaired) electrons. The number of benzene rings is 1. The number of fused-ring (bicyclic) bond motifs is 1. The maximum absolute atomic E-state index is 13.6. The lowest BCUT2D eigenvalue weighted by Crippen LogP contribution is -2.40. The molecule has 0 unspecified atom stereocenters. The number of nitrogens with zero attached hydrogens (tertiary/aromatic N) is 4. The zero-order valence-electron chi connectivity index (χ0n) is 18.6. The second kappa shape index (κ2) is 8.88. The van der Waals surface area contributed by atoms with Crippen molar-refractivity contribution >= 4 is 22.8 Å². The maximum atomic E-state index is 13.6. The van der Waals surface area contributed by atoms with Gasteiger partial charge in [0, 0.05) is 44.3 Å². The van der Waals surface area contributed by atoms with Crippen molar-refractivity contribution in [2.75, 3.05) is 51.3 Å². The molecule has 2 fully saturated rings. The molecule has 4 heterocycles. The zero-order valence-corrected chi connectivity index (χ0v) is 18.6. The number of aromatic amines is 1. The summed E-state index contributed by atoms with van der Waals surface area (Å²) in [5, 5.41) is 10.9. The molecule has 11 heteroatoms. The number of amides is 1.